The van der Waals surface area contributed by atoms with Crippen LogP contribution in [0.4, 0.5) is 0 Å². The third-order valence-electron chi connectivity index (χ3n) is 9.92. The smallest absolute Gasteiger partial charge is 0.111 e. The zero-order valence-corrected chi connectivity index (χ0v) is 27.2. The molecule has 4 heteroatoms. The summed E-state index contributed by atoms with van der Waals surface area (Å²) >= 11 is 0. The fraction of sp³-hybridized carbons (Fsp3) is 0.0217. The minimum Gasteiger partial charge on any atom is -0.359 e. The molecule has 0 fully saturated rings. The highest BCUT2D eigenvalue weighted by atomic mass is 15.2. The molecule has 0 radical (unpaired) electrons. The number of fused-ring (bicyclic) bond motifs is 6. The average Bonchev–Trinajstić information content (AvgIpc) is 3.70. The number of pyridine rings is 1. The minimum atomic E-state index is -0.124. The molecule has 1 aliphatic rings. The molecular formula is C46H32N4. The van der Waals surface area contributed by atoms with Gasteiger partial charge >= 0.3 is 0 Å². The lowest BCUT2D eigenvalue weighted by molar-refractivity contribution is 0.714. The molecule has 1 aliphatic heterocycles. The van der Waals surface area contributed by atoms with E-state index in [0.717, 1.165) is 39.5 Å². The van der Waals surface area contributed by atoms with E-state index in [4.69, 9.17) is 4.98 Å². The van der Waals surface area contributed by atoms with Gasteiger partial charge in [-0.3, -0.25) is 9.55 Å². The van der Waals surface area contributed by atoms with Crippen LogP contribution in [0.1, 0.15) is 11.7 Å². The summed E-state index contributed by atoms with van der Waals surface area (Å²) < 4.78 is 4.78. The predicted octanol–water partition coefficient (Wildman–Crippen LogP) is 11.3. The number of rotatable bonds is 5. The summed E-state index contributed by atoms with van der Waals surface area (Å²) in [7, 11) is 0. The minimum absolute atomic E-state index is 0.124. The van der Waals surface area contributed by atoms with Crippen LogP contribution in [0.25, 0.3) is 77.5 Å². The van der Waals surface area contributed by atoms with Gasteiger partial charge in [-0.25, -0.2) is 0 Å². The maximum absolute atomic E-state index is 5.25. The Hall–Kier alpha value is -6.65. The first-order valence-corrected chi connectivity index (χ1v) is 17.1. The average molecular weight is 641 g/mol. The molecule has 0 saturated heterocycles. The van der Waals surface area contributed by atoms with Gasteiger partial charge in [0.15, 0.2) is 0 Å². The third-order valence-corrected chi connectivity index (χ3v) is 9.92. The van der Waals surface area contributed by atoms with Crippen molar-refractivity contribution in [3.05, 3.63) is 188 Å². The van der Waals surface area contributed by atoms with Gasteiger partial charge in [0.25, 0.3) is 0 Å². The quantitative estimate of drug-likeness (QED) is 0.203. The van der Waals surface area contributed by atoms with Crippen LogP contribution >= 0.6 is 0 Å². The van der Waals surface area contributed by atoms with Gasteiger partial charge in [0.1, 0.15) is 5.82 Å². The molecule has 1 atom stereocenters. The zero-order chi connectivity index (χ0) is 33.0. The Morgan fingerprint density at radius 2 is 1.02 bits per heavy atom. The van der Waals surface area contributed by atoms with E-state index in [0.29, 0.717) is 0 Å². The van der Waals surface area contributed by atoms with Gasteiger partial charge in [-0.05, 0) is 65.7 Å². The van der Waals surface area contributed by atoms with Crippen LogP contribution in [0.3, 0.4) is 0 Å². The normalized spacial score (nSPS) is 14.4. The molecule has 0 amide bonds. The van der Waals surface area contributed by atoms with Gasteiger partial charge in [-0.15, -0.1) is 0 Å². The van der Waals surface area contributed by atoms with Crippen molar-refractivity contribution in [3.8, 4) is 28.1 Å². The van der Waals surface area contributed by atoms with Crippen molar-refractivity contribution < 1.29 is 0 Å². The van der Waals surface area contributed by atoms with E-state index in [9.17, 15) is 0 Å². The van der Waals surface area contributed by atoms with Crippen LogP contribution in [0.15, 0.2) is 182 Å². The lowest BCUT2D eigenvalue weighted by atomic mass is 9.99. The highest BCUT2D eigenvalue weighted by Crippen LogP contribution is 2.40. The van der Waals surface area contributed by atoms with E-state index in [-0.39, 0.29) is 6.04 Å². The fourth-order valence-corrected chi connectivity index (χ4v) is 7.64. The van der Waals surface area contributed by atoms with Gasteiger partial charge in [-0.1, -0.05) is 127 Å². The van der Waals surface area contributed by atoms with Crippen molar-refractivity contribution in [1.29, 1.82) is 0 Å². The standard InChI is InChI=1S/C46H32N4/c1-4-15-31(16-5-1)33-27-40(32-17-6-2-7-18-32)47-41(28-33)39-23-14-26-46(48-39)50-43-25-13-11-22-36(43)38-29-44-37(30-45(38)50)35-21-10-12-24-42(35)49(44)34-19-8-3-9-20-34/h1-30,39,48H. The van der Waals surface area contributed by atoms with Crippen molar-refractivity contribution in [2.45, 2.75) is 6.04 Å². The SMILES string of the molecule is C1=CC(c2cc(-c3ccccc3)cc(-c3ccccc3)n2)NC(n2c3ccccc3c3cc4c(cc32)c2ccccc2n4-c2ccccc2)=C1. The first-order chi connectivity index (χ1) is 24.8. The molecule has 50 heavy (non-hydrogen) atoms. The van der Waals surface area contributed by atoms with Gasteiger partial charge < -0.3 is 9.88 Å². The van der Waals surface area contributed by atoms with E-state index >= 15 is 0 Å². The van der Waals surface area contributed by atoms with E-state index in [1.165, 1.54) is 43.7 Å². The van der Waals surface area contributed by atoms with Crippen molar-refractivity contribution in [2.24, 2.45) is 0 Å². The van der Waals surface area contributed by atoms with Crippen LogP contribution in [-0.2, 0) is 0 Å². The van der Waals surface area contributed by atoms with Crippen molar-refractivity contribution in [1.82, 2.24) is 19.4 Å². The highest BCUT2D eigenvalue weighted by Gasteiger charge is 2.22. The second kappa shape index (κ2) is 11.5. The van der Waals surface area contributed by atoms with Crippen LogP contribution in [0.5, 0.6) is 0 Å². The number of dihydropyridines is 1. The number of benzene rings is 6. The third kappa shape index (κ3) is 4.57. The molecular weight excluding hydrogens is 609 g/mol. The molecule has 0 bridgehead atoms. The number of hydrogen-bond acceptors (Lipinski definition) is 2. The van der Waals surface area contributed by atoms with E-state index < -0.39 is 0 Å². The molecule has 1 unspecified atom stereocenters. The largest absolute Gasteiger partial charge is 0.359 e. The van der Waals surface area contributed by atoms with Gasteiger partial charge in [-0.2, -0.15) is 0 Å². The predicted molar refractivity (Wildman–Crippen MR) is 208 cm³/mol. The summed E-state index contributed by atoms with van der Waals surface area (Å²) in [5, 5.41) is 8.81. The molecule has 3 aromatic heterocycles. The zero-order valence-electron chi connectivity index (χ0n) is 27.2. The Balaban J connectivity index is 1.15. The monoisotopic (exact) mass is 640 g/mol. The Morgan fingerprint density at radius 1 is 0.460 bits per heavy atom. The number of hydrogen-bond donors (Lipinski definition) is 1. The van der Waals surface area contributed by atoms with E-state index in [1.54, 1.807) is 0 Å². The van der Waals surface area contributed by atoms with E-state index in [1.807, 2.05) is 6.07 Å². The molecule has 0 saturated carbocycles. The van der Waals surface area contributed by atoms with Crippen LogP contribution in [0, 0.1) is 0 Å². The van der Waals surface area contributed by atoms with Crippen LogP contribution < -0.4 is 5.32 Å². The Labute approximate surface area is 289 Å². The number of allylic oxidation sites excluding steroid dienone is 2. The number of nitrogens with zero attached hydrogens (tertiary/aromatic N) is 3. The summed E-state index contributed by atoms with van der Waals surface area (Å²) in [6, 6.07) is 58.2. The summed E-state index contributed by atoms with van der Waals surface area (Å²) in [6.45, 7) is 0. The summed E-state index contributed by atoms with van der Waals surface area (Å²) in [6.07, 6.45) is 6.55. The highest BCUT2D eigenvalue weighted by molar-refractivity contribution is 6.19. The van der Waals surface area contributed by atoms with Crippen LogP contribution in [-0.4, -0.2) is 14.1 Å². The second-order valence-electron chi connectivity index (χ2n) is 12.9. The summed E-state index contributed by atoms with van der Waals surface area (Å²) in [5.74, 6) is 1.02. The Morgan fingerprint density at radius 3 is 1.70 bits per heavy atom. The van der Waals surface area contributed by atoms with Gasteiger partial charge in [0, 0.05) is 32.8 Å². The molecule has 9 aromatic rings. The van der Waals surface area contributed by atoms with E-state index in [2.05, 4.69) is 190 Å². The molecule has 10 rings (SSSR count). The van der Waals surface area contributed by atoms with Gasteiger partial charge in [0.2, 0.25) is 0 Å². The second-order valence-corrected chi connectivity index (χ2v) is 12.9. The molecule has 4 nitrogen and oxygen atoms in total. The molecule has 1 N–H and O–H groups in total. The molecule has 0 spiro atoms. The first-order valence-electron chi connectivity index (χ1n) is 17.1. The Bertz CT molecular complexity index is 2710. The number of aromatic nitrogens is 3. The summed E-state index contributed by atoms with van der Waals surface area (Å²) in [5.41, 5.74) is 11.2. The lowest BCUT2D eigenvalue weighted by Gasteiger charge is -2.24. The topological polar surface area (TPSA) is 34.8 Å². The van der Waals surface area contributed by atoms with Crippen molar-refractivity contribution >= 4 is 49.4 Å². The maximum Gasteiger partial charge on any atom is 0.111 e. The van der Waals surface area contributed by atoms with Crippen molar-refractivity contribution in [2.75, 3.05) is 0 Å². The number of para-hydroxylation sites is 3. The lowest BCUT2D eigenvalue weighted by Crippen LogP contribution is -2.24. The first kappa shape index (κ1) is 28.4. The van der Waals surface area contributed by atoms with Crippen LogP contribution in [0.2, 0.25) is 0 Å². The number of nitrogens with one attached hydrogen (secondary N) is 1. The Kier molecular flexibility index (Phi) is 6.53. The van der Waals surface area contributed by atoms with Crippen molar-refractivity contribution in [3.63, 3.8) is 0 Å². The maximum atomic E-state index is 5.25. The summed E-state index contributed by atoms with van der Waals surface area (Å²) in [4.78, 5) is 5.25. The fourth-order valence-electron chi connectivity index (χ4n) is 7.64. The molecule has 4 heterocycles. The molecule has 6 aromatic carbocycles. The molecule has 0 aliphatic carbocycles. The van der Waals surface area contributed by atoms with Gasteiger partial charge in [0.05, 0.1) is 39.5 Å². The molecule has 236 valence electrons.